The molecule has 2 aliphatic heterocycles. The van der Waals surface area contributed by atoms with Gasteiger partial charge < -0.3 is 24.9 Å². The molecular weight excluding hydrogens is 531 g/mol. The zero-order valence-corrected chi connectivity index (χ0v) is 22.1. The molecule has 2 saturated heterocycles. The fraction of sp³-hybridized carbons (Fsp3) is 0.417. The monoisotopic (exact) mass is 558 g/mol. The highest BCUT2D eigenvalue weighted by Crippen LogP contribution is 2.57. The van der Waals surface area contributed by atoms with E-state index in [4.69, 9.17) is 28.5 Å². The third-order valence-electron chi connectivity index (χ3n) is 6.94. The molecule has 206 valence electrons. The Labute approximate surface area is 221 Å². The quantitative estimate of drug-likeness (QED) is 0.250. The van der Waals surface area contributed by atoms with Crippen LogP contribution in [0.5, 0.6) is 0 Å². The second kappa shape index (κ2) is 9.97. The number of fused-ring (bicyclic) bond motifs is 3. The first-order valence-corrected chi connectivity index (χ1v) is 13.9. The van der Waals surface area contributed by atoms with E-state index in [-0.39, 0.29) is 19.0 Å². The van der Waals surface area contributed by atoms with Crippen LogP contribution in [0.3, 0.4) is 0 Å². The van der Waals surface area contributed by atoms with Crippen molar-refractivity contribution in [3.63, 3.8) is 0 Å². The van der Waals surface area contributed by atoms with Crippen LogP contribution in [0.25, 0.3) is 22.1 Å². The summed E-state index contributed by atoms with van der Waals surface area (Å²) < 4.78 is 42.9. The van der Waals surface area contributed by atoms with Crippen LogP contribution < -0.4 is 16.3 Å². The molecule has 3 N–H and O–H groups in total. The first-order valence-electron chi connectivity index (χ1n) is 12.5. The lowest BCUT2D eigenvalue weighted by molar-refractivity contribution is -0.0714. The van der Waals surface area contributed by atoms with Crippen LogP contribution in [0.1, 0.15) is 25.6 Å². The fourth-order valence-electron chi connectivity index (χ4n) is 4.95. The maximum atomic E-state index is 13.4. The largest absolute Gasteiger partial charge is 0.475 e. The molecule has 0 radical (unpaired) electrons. The molecule has 1 unspecified atom stereocenters. The highest BCUT2D eigenvalue weighted by Gasteiger charge is 2.53. The molecule has 0 saturated carbocycles. The van der Waals surface area contributed by atoms with Crippen molar-refractivity contribution in [1.82, 2.24) is 19.5 Å². The van der Waals surface area contributed by atoms with Crippen LogP contribution in [-0.4, -0.2) is 62.6 Å². The Kier molecular flexibility index (Phi) is 6.61. The van der Waals surface area contributed by atoms with Crippen LogP contribution in [0.2, 0.25) is 0 Å². The van der Waals surface area contributed by atoms with Gasteiger partial charge in [0, 0.05) is 36.3 Å². The van der Waals surface area contributed by atoms with E-state index < -0.39 is 38.0 Å². The van der Waals surface area contributed by atoms with Crippen molar-refractivity contribution in [2.24, 2.45) is 0 Å². The van der Waals surface area contributed by atoms with Gasteiger partial charge in [0.2, 0.25) is 0 Å². The van der Waals surface area contributed by atoms with Gasteiger partial charge in [-0.25, -0.2) is 24.3 Å². The van der Waals surface area contributed by atoms with E-state index in [0.717, 1.165) is 18.8 Å². The minimum absolute atomic E-state index is 0.149. The van der Waals surface area contributed by atoms with Crippen molar-refractivity contribution in [3.8, 4) is 0 Å². The number of hydrogen-bond donors (Lipinski definition) is 2. The van der Waals surface area contributed by atoms with Gasteiger partial charge in [-0.15, -0.1) is 0 Å². The average molecular weight is 558 g/mol. The van der Waals surface area contributed by atoms with Crippen LogP contribution in [0.4, 0.5) is 11.5 Å². The Hall–Kier alpha value is -3.39. The van der Waals surface area contributed by atoms with E-state index in [9.17, 15) is 14.5 Å². The van der Waals surface area contributed by atoms with Gasteiger partial charge in [-0.2, -0.15) is 0 Å². The predicted molar refractivity (Wildman–Crippen MR) is 139 cm³/mol. The molecule has 14 nitrogen and oxygen atoms in total. The molecule has 39 heavy (non-hydrogen) atoms. The lowest BCUT2D eigenvalue weighted by atomic mass is 10.1. The van der Waals surface area contributed by atoms with Crippen molar-refractivity contribution >= 4 is 41.5 Å². The number of benzene rings is 1. The molecular formula is C24H27N6O8P. The Balaban J connectivity index is 1.20. The number of hydrogen-bond acceptors (Lipinski definition) is 13. The Morgan fingerprint density at radius 3 is 2.85 bits per heavy atom. The molecule has 0 spiro atoms. The summed E-state index contributed by atoms with van der Waals surface area (Å²) in [6.07, 6.45) is -1.22. The number of nitrogens with two attached hydrogens (primary N) is 1. The molecule has 5 heterocycles. The van der Waals surface area contributed by atoms with Crippen LogP contribution in [0, 0.1) is 0 Å². The molecule has 2 aliphatic rings. The molecule has 0 amide bonds. The smallest absolute Gasteiger partial charge is 0.423 e. The zero-order chi connectivity index (χ0) is 27.3. The number of aliphatic hydroxyl groups excluding tert-OH is 1. The van der Waals surface area contributed by atoms with Gasteiger partial charge in [0.05, 0.1) is 19.5 Å². The van der Waals surface area contributed by atoms with Gasteiger partial charge >= 0.3 is 13.4 Å². The SMILES string of the molecule is CCN(CC)c1ccc2c(COP3(=O)OC[C@H]4O[C@@H](n5cnc6c(N)ncnc65)[C@H](O)[C@@H]4O3)cc(=O)oc2c1. The maximum Gasteiger partial charge on any atom is 0.475 e. The van der Waals surface area contributed by atoms with Gasteiger partial charge in [-0.05, 0) is 31.5 Å². The molecule has 15 heteroatoms. The molecule has 0 bridgehead atoms. The van der Waals surface area contributed by atoms with Crippen LogP contribution >= 0.6 is 7.82 Å². The fourth-order valence-corrected chi connectivity index (χ4v) is 6.34. The van der Waals surface area contributed by atoms with Gasteiger partial charge in [-0.1, -0.05) is 0 Å². The molecule has 2 fully saturated rings. The third kappa shape index (κ3) is 4.58. The Bertz CT molecular complexity index is 1640. The summed E-state index contributed by atoms with van der Waals surface area (Å²) in [5.74, 6) is 0.188. The van der Waals surface area contributed by atoms with E-state index >= 15 is 0 Å². The lowest BCUT2D eigenvalue weighted by Crippen LogP contribution is -2.39. The second-order valence-corrected chi connectivity index (χ2v) is 10.8. The van der Waals surface area contributed by atoms with E-state index in [2.05, 4.69) is 19.9 Å². The Morgan fingerprint density at radius 1 is 1.23 bits per heavy atom. The summed E-state index contributed by atoms with van der Waals surface area (Å²) in [4.78, 5) is 26.7. The predicted octanol–water partition coefficient (Wildman–Crippen LogP) is 2.36. The van der Waals surface area contributed by atoms with Crippen LogP contribution in [-0.2, 0) is 29.5 Å². The second-order valence-electron chi connectivity index (χ2n) is 9.17. The molecule has 5 atom stereocenters. The average Bonchev–Trinajstić information content (AvgIpc) is 3.49. The van der Waals surface area contributed by atoms with Gasteiger partial charge in [0.25, 0.3) is 0 Å². The summed E-state index contributed by atoms with van der Waals surface area (Å²) in [5, 5.41) is 11.7. The highest BCUT2D eigenvalue weighted by atomic mass is 31.2. The van der Waals surface area contributed by atoms with Gasteiger partial charge in [0.15, 0.2) is 17.7 Å². The molecule has 6 rings (SSSR count). The minimum Gasteiger partial charge on any atom is -0.423 e. The Morgan fingerprint density at radius 2 is 2.05 bits per heavy atom. The van der Waals surface area contributed by atoms with Gasteiger partial charge in [-0.3, -0.25) is 18.1 Å². The summed E-state index contributed by atoms with van der Waals surface area (Å²) in [6.45, 7) is 5.27. The molecule has 3 aromatic heterocycles. The third-order valence-corrected chi connectivity index (χ3v) is 8.35. The van der Waals surface area contributed by atoms with Crippen molar-refractivity contribution in [1.29, 1.82) is 0 Å². The number of imidazole rings is 1. The number of ether oxygens (including phenoxy) is 1. The normalized spacial score (nSPS) is 26.7. The number of phosphoric acid groups is 1. The van der Waals surface area contributed by atoms with Crippen molar-refractivity contribution < 1.29 is 32.4 Å². The summed E-state index contributed by atoms with van der Waals surface area (Å²) in [7, 11) is -4.12. The number of nitrogen functional groups attached to an aromatic ring is 1. The summed E-state index contributed by atoms with van der Waals surface area (Å²) >= 11 is 0. The molecule has 0 aliphatic carbocycles. The van der Waals surface area contributed by atoms with E-state index in [0.29, 0.717) is 27.7 Å². The zero-order valence-electron chi connectivity index (χ0n) is 21.2. The highest BCUT2D eigenvalue weighted by molar-refractivity contribution is 7.48. The van der Waals surface area contributed by atoms with Crippen molar-refractivity contribution in [3.05, 3.63) is 52.9 Å². The number of aromatic nitrogens is 4. The number of anilines is 2. The lowest BCUT2D eigenvalue weighted by Gasteiger charge is -2.30. The summed E-state index contributed by atoms with van der Waals surface area (Å²) in [5.41, 5.74) is 7.77. The molecule has 4 aromatic rings. The number of nitrogens with zero attached hydrogens (tertiary/aromatic N) is 5. The van der Waals surface area contributed by atoms with E-state index in [1.54, 1.807) is 6.07 Å². The maximum absolute atomic E-state index is 13.4. The first kappa shape index (κ1) is 25.9. The first-order chi connectivity index (χ1) is 18.8. The van der Waals surface area contributed by atoms with Crippen molar-refractivity contribution in [2.45, 2.75) is 45.0 Å². The van der Waals surface area contributed by atoms with E-state index in [1.807, 2.05) is 26.0 Å². The topological polar surface area (TPSA) is 177 Å². The number of phosphoric ester groups is 1. The number of aliphatic hydroxyl groups is 1. The van der Waals surface area contributed by atoms with E-state index in [1.165, 1.54) is 23.3 Å². The molecule has 1 aromatic carbocycles. The van der Waals surface area contributed by atoms with Crippen molar-refractivity contribution in [2.75, 3.05) is 30.3 Å². The standard InChI is InChI=1S/C24H27N6O8P/c1-3-29(4-2)14-5-6-15-13(7-18(31)36-16(15)8-14)9-34-39(33)35-10-17-21(38-39)20(32)24(37-17)30-12-28-19-22(25)26-11-27-23(19)30/h5-8,11-12,17,20-21,24,32H,3-4,9-10H2,1-2H3,(H2,25,26,27)/t17-,20-,21-,24-,39?/m1/s1. The summed E-state index contributed by atoms with van der Waals surface area (Å²) in [6, 6.07) is 6.81. The van der Waals surface area contributed by atoms with Gasteiger partial charge in [0.1, 0.15) is 35.7 Å². The minimum atomic E-state index is -4.12. The van der Waals surface area contributed by atoms with Crippen LogP contribution in [0.15, 0.2) is 46.1 Å². The number of rotatable bonds is 7.